The first-order chi connectivity index (χ1) is 12.7. The lowest BCUT2D eigenvalue weighted by Crippen LogP contribution is -2.38. The fourth-order valence-corrected chi connectivity index (χ4v) is 2.68. The second-order valence-electron chi connectivity index (χ2n) is 6.16. The molecule has 0 aliphatic heterocycles. The highest BCUT2D eigenvalue weighted by molar-refractivity contribution is 5.78. The van der Waals surface area contributed by atoms with Crippen molar-refractivity contribution < 1.29 is 9.59 Å². The lowest BCUT2D eigenvalue weighted by atomic mass is 9.96. The van der Waals surface area contributed by atoms with E-state index in [0.717, 1.165) is 12.0 Å². The molecule has 0 fully saturated rings. The average Bonchev–Trinajstić information content (AvgIpc) is 2.68. The predicted molar refractivity (Wildman–Crippen MR) is 104 cm³/mol. The van der Waals surface area contributed by atoms with Crippen LogP contribution in [0.2, 0.25) is 0 Å². The summed E-state index contributed by atoms with van der Waals surface area (Å²) in [5.41, 5.74) is 2.26. The summed E-state index contributed by atoms with van der Waals surface area (Å²) < 4.78 is 0. The van der Waals surface area contributed by atoms with Gasteiger partial charge in [-0.15, -0.1) is 0 Å². The Kier molecular flexibility index (Phi) is 8.19. The highest BCUT2D eigenvalue weighted by Gasteiger charge is 2.11. The van der Waals surface area contributed by atoms with Gasteiger partial charge in [0.2, 0.25) is 5.91 Å². The van der Waals surface area contributed by atoms with E-state index in [-0.39, 0.29) is 18.4 Å². The van der Waals surface area contributed by atoms with Crippen LogP contribution in [0.3, 0.4) is 0 Å². The minimum Gasteiger partial charge on any atom is -0.355 e. The highest BCUT2D eigenvalue weighted by atomic mass is 16.2. The van der Waals surface area contributed by atoms with Crippen molar-refractivity contribution in [3.8, 4) is 0 Å². The van der Waals surface area contributed by atoms with Crippen molar-refractivity contribution in [2.24, 2.45) is 0 Å². The Labute approximate surface area is 155 Å². The Morgan fingerprint density at radius 2 is 1.54 bits per heavy atom. The third-order valence-corrected chi connectivity index (χ3v) is 4.24. The zero-order valence-electron chi connectivity index (χ0n) is 15.2. The van der Waals surface area contributed by atoms with Crippen LogP contribution in [0.4, 0.5) is 4.79 Å². The maximum atomic E-state index is 12.0. The van der Waals surface area contributed by atoms with Crippen LogP contribution in [0.5, 0.6) is 0 Å². The lowest BCUT2D eigenvalue weighted by Gasteiger charge is -2.16. The average molecular weight is 353 g/mol. The van der Waals surface area contributed by atoms with Crippen LogP contribution in [-0.2, 0) is 11.3 Å². The molecule has 0 radical (unpaired) electrons. The number of rotatable bonds is 9. The minimum absolute atomic E-state index is 0.0530. The minimum atomic E-state index is -0.266. The lowest BCUT2D eigenvalue weighted by molar-refractivity contribution is -0.121. The van der Waals surface area contributed by atoms with Crippen LogP contribution in [-0.4, -0.2) is 25.0 Å². The molecule has 0 saturated carbocycles. The largest absolute Gasteiger partial charge is 0.355 e. The number of nitrogens with one attached hydrogen (secondary N) is 3. The van der Waals surface area contributed by atoms with Crippen molar-refractivity contribution in [3.05, 3.63) is 71.8 Å². The summed E-state index contributed by atoms with van der Waals surface area (Å²) in [6.07, 6.45) is 1.23. The summed E-state index contributed by atoms with van der Waals surface area (Å²) in [6, 6.07) is 19.6. The van der Waals surface area contributed by atoms with Gasteiger partial charge in [-0.05, 0) is 17.5 Å². The van der Waals surface area contributed by atoms with Gasteiger partial charge in [0.15, 0.2) is 0 Å². The van der Waals surface area contributed by atoms with Crippen LogP contribution in [0.1, 0.15) is 36.8 Å². The normalized spacial score (nSPS) is 11.4. The molecule has 2 aromatic rings. The van der Waals surface area contributed by atoms with Crippen molar-refractivity contribution in [1.82, 2.24) is 16.0 Å². The van der Waals surface area contributed by atoms with E-state index in [9.17, 15) is 9.59 Å². The van der Waals surface area contributed by atoms with Gasteiger partial charge in [0, 0.05) is 32.0 Å². The summed E-state index contributed by atoms with van der Waals surface area (Å²) in [6.45, 7) is 3.50. The number of hydrogen-bond donors (Lipinski definition) is 3. The molecule has 138 valence electrons. The second kappa shape index (κ2) is 10.9. The molecule has 26 heavy (non-hydrogen) atoms. The summed E-state index contributed by atoms with van der Waals surface area (Å²) in [5.74, 6) is 0.255. The monoisotopic (exact) mass is 353 g/mol. The van der Waals surface area contributed by atoms with Crippen molar-refractivity contribution >= 4 is 11.9 Å². The molecule has 0 bridgehead atoms. The molecule has 0 spiro atoms. The maximum Gasteiger partial charge on any atom is 0.315 e. The fourth-order valence-electron chi connectivity index (χ4n) is 2.68. The van der Waals surface area contributed by atoms with E-state index in [1.807, 2.05) is 48.5 Å². The van der Waals surface area contributed by atoms with Crippen LogP contribution in [0.15, 0.2) is 60.7 Å². The quantitative estimate of drug-likeness (QED) is 0.648. The molecule has 0 saturated heterocycles. The van der Waals surface area contributed by atoms with Crippen LogP contribution in [0.25, 0.3) is 0 Å². The first-order valence-corrected chi connectivity index (χ1v) is 9.06. The van der Waals surface area contributed by atoms with E-state index in [4.69, 9.17) is 0 Å². The number of carbonyl (C=O) groups excluding carboxylic acids is 2. The number of benzene rings is 2. The number of amides is 3. The Morgan fingerprint density at radius 3 is 2.19 bits per heavy atom. The van der Waals surface area contributed by atoms with Gasteiger partial charge in [-0.3, -0.25) is 4.79 Å². The predicted octanol–water partition coefficient (Wildman–Crippen LogP) is 3.19. The van der Waals surface area contributed by atoms with Gasteiger partial charge in [-0.25, -0.2) is 4.79 Å². The molecule has 2 aromatic carbocycles. The van der Waals surface area contributed by atoms with Crippen molar-refractivity contribution in [2.75, 3.05) is 13.1 Å². The third-order valence-electron chi connectivity index (χ3n) is 4.24. The van der Waals surface area contributed by atoms with Gasteiger partial charge >= 0.3 is 6.03 Å². The summed E-state index contributed by atoms with van der Waals surface area (Å²) in [7, 11) is 0. The van der Waals surface area contributed by atoms with E-state index in [1.54, 1.807) is 0 Å². The first-order valence-electron chi connectivity index (χ1n) is 9.06. The summed E-state index contributed by atoms with van der Waals surface area (Å²) in [4.78, 5) is 23.7. The second-order valence-corrected chi connectivity index (χ2v) is 6.16. The van der Waals surface area contributed by atoms with Gasteiger partial charge < -0.3 is 16.0 Å². The van der Waals surface area contributed by atoms with Gasteiger partial charge in [-0.1, -0.05) is 67.6 Å². The Balaban J connectivity index is 1.61. The molecule has 3 amide bonds. The van der Waals surface area contributed by atoms with E-state index in [0.29, 0.717) is 25.6 Å². The Bertz CT molecular complexity index is 674. The summed E-state index contributed by atoms with van der Waals surface area (Å²) >= 11 is 0. The third kappa shape index (κ3) is 6.97. The van der Waals surface area contributed by atoms with E-state index < -0.39 is 0 Å². The van der Waals surface area contributed by atoms with E-state index >= 15 is 0 Å². The van der Waals surface area contributed by atoms with Gasteiger partial charge in [0.05, 0.1) is 0 Å². The number of urea groups is 1. The SMILES string of the molecule is CC[C@@H](CNC(=O)CCNC(=O)NCc1ccccc1)c1ccccc1. The molecular weight excluding hydrogens is 326 g/mol. The molecule has 0 aliphatic carbocycles. The highest BCUT2D eigenvalue weighted by Crippen LogP contribution is 2.17. The smallest absolute Gasteiger partial charge is 0.315 e. The molecule has 5 heteroatoms. The number of hydrogen-bond acceptors (Lipinski definition) is 2. The fraction of sp³-hybridized carbons (Fsp3) is 0.333. The van der Waals surface area contributed by atoms with E-state index in [2.05, 4.69) is 35.0 Å². The van der Waals surface area contributed by atoms with Crippen LogP contribution in [0, 0.1) is 0 Å². The molecule has 3 N–H and O–H groups in total. The Hall–Kier alpha value is -2.82. The van der Waals surface area contributed by atoms with Gasteiger partial charge in [0.25, 0.3) is 0 Å². The van der Waals surface area contributed by atoms with Gasteiger partial charge in [0.1, 0.15) is 0 Å². The molecule has 5 nitrogen and oxygen atoms in total. The summed E-state index contributed by atoms with van der Waals surface area (Å²) in [5, 5.41) is 8.43. The van der Waals surface area contributed by atoms with Crippen molar-refractivity contribution in [1.29, 1.82) is 0 Å². The maximum absolute atomic E-state index is 12.0. The van der Waals surface area contributed by atoms with Crippen molar-refractivity contribution in [3.63, 3.8) is 0 Å². The topological polar surface area (TPSA) is 70.2 Å². The molecule has 1 atom stereocenters. The van der Waals surface area contributed by atoms with Crippen molar-refractivity contribution in [2.45, 2.75) is 32.2 Å². The molecule has 0 aliphatic rings. The zero-order valence-corrected chi connectivity index (χ0v) is 15.2. The standard InChI is InChI=1S/C21H27N3O2/c1-2-18(19-11-7-4-8-12-19)16-23-20(25)13-14-22-21(26)24-15-17-9-5-3-6-10-17/h3-12,18H,2,13-16H2,1H3,(H,23,25)(H2,22,24,26)/t18-/m0/s1. The van der Waals surface area contributed by atoms with E-state index in [1.165, 1.54) is 5.56 Å². The molecule has 0 aromatic heterocycles. The first kappa shape index (κ1) is 19.5. The van der Waals surface area contributed by atoms with Crippen LogP contribution >= 0.6 is 0 Å². The number of carbonyl (C=O) groups is 2. The molecule has 0 unspecified atom stereocenters. The van der Waals surface area contributed by atoms with Gasteiger partial charge in [-0.2, -0.15) is 0 Å². The van der Waals surface area contributed by atoms with Crippen LogP contribution < -0.4 is 16.0 Å². The molecular formula is C21H27N3O2. The Morgan fingerprint density at radius 1 is 0.885 bits per heavy atom. The zero-order chi connectivity index (χ0) is 18.6. The molecule has 0 heterocycles. The molecule has 2 rings (SSSR count).